The van der Waals surface area contributed by atoms with Gasteiger partial charge in [0.05, 0.1) is 0 Å². The molecule has 2 nitrogen and oxygen atoms in total. The van der Waals surface area contributed by atoms with Gasteiger partial charge in [-0.3, -0.25) is 0 Å². The average Bonchev–Trinajstić information content (AvgIpc) is 2.64. The summed E-state index contributed by atoms with van der Waals surface area (Å²) in [5.41, 5.74) is 0.298. The summed E-state index contributed by atoms with van der Waals surface area (Å²) >= 11 is 0. The summed E-state index contributed by atoms with van der Waals surface area (Å²) in [7, 11) is 0. The molecule has 1 aromatic rings. The monoisotopic (exact) mass is 148 g/mol. The first-order valence-electron chi connectivity index (χ1n) is 3.52. The minimum atomic E-state index is -0.638. The van der Waals surface area contributed by atoms with Gasteiger partial charge in [-0.2, -0.15) is 0 Å². The molecule has 0 radical (unpaired) electrons. The van der Waals surface area contributed by atoms with E-state index in [1.54, 1.807) is 6.92 Å². The van der Waals surface area contributed by atoms with E-state index >= 15 is 0 Å². The van der Waals surface area contributed by atoms with Gasteiger partial charge in [0.1, 0.15) is 0 Å². The van der Waals surface area contributed by atoms with E-state index in [9.17, 15) is 4.79 Å². The van der Waals surface area contributed by atoms with Crippen LogP contribution in [0.15, 0.2) is 30.3 Å². The van der Waals surface area contributed by atoms with Gasteiger partial charge in [-0.05, 0) is 6.92 Å². The molecule has 2 heteroatoms. The number of benzene rings is 1. The first-order valence-corrected chi connectivity index (χ1v) is 3.52. The number of epoxide rings is 1. The second-order valence-electron chi connectivity index (χ2n) is 2.79. The Morgan fingerprint density at radius 3 is 2.27 bits per heavy atom. The molecule has 1 aliphatic rings. The SMILES string of the molecule is CC1(c2ccccc2)OC1=O. The predicted octanol–water partition coefficient (Wildman–Crippen LogP) is 1.46. The van der Waals surface area contributed by atoms with E-state index in [2.05, 4.69) is 0 Å². The van der Waals surface area contributed by atoms with Crippen LogP contribution in [0, 0.1) is 0 Å². The molecule has 0 bridgehead atoms. The van der Waals surface area contributed by atoms with Crippen LogP contribution in [0.25, 0.3) is 0 Å². The lowest BCUT2D eigenvalue weighted by molar-refractivity contribution is -0.117. The third-order valence-corrected chi connectivity index (χ3v) is 1.97. The first kappa shape index (κ1) is 6.40. The van der Waals surface area contributed by atoms with E-state index in [1.807, 2.05) is 30.3 Å². The highest BCUT2D eigenvalue weighted by Gasteiger charge is 2.54. The van der Waals surface area contributed by atoms with Crippen molar-refractivity contribution in [3.8, 4) is 0 Å². The normalized spacial score (nSPS) is 27.9. The minimum absolute atomic E-state index is 0.135. The molecular formula is C9H8O2. The smallest absolute Gasteiger partial charge is 0.356 e. The number of carbonyl (C=O) groups excluding carboxylic acids is 1. The van der Waals surface area contributed by atoms with Gasteiger partial charge in [-0.15, -0.1) is 0 Å². The van der Waals surface area contributed by atoms with Crippen molar-refractivity contribution in [2.24, 2.45) is 0 Å². The molecule has 1 atom stereocenters. The Hall–Kier alpha value is -1.31. The number of hydrogen-bond acceptors (Lipinski definition) is 2. The van der Waals surface area contributed by atoms with Crippen molar-refractivity contribution in [3.05, 3.63) is 35.9 Å². The molecule has 56 valence electrons. The summed E-state index contributed by atoms with van der Waals surface area (Å²) in [5.74, 6) is -0.135. The third kappa shape index (κ3) is 0.827. The van der Waals surface area contributed by atoms with Gasteiger partial charge in [0.15, 0.2) is 0 Å². The highest BCUT2D eigenvalue weighted by atomic mass is 16.7. The number of rotatable bonds is 1. The number of cyclic esters (lactones) is 1. The maximum Gasteiger partial charge on any atom is 0.356 e. The van der Waals surface area contributed by atoms with Crippen LogP contribution in [0.2, 0.25) is 0 Å². The molecule has 0 amide bonds. The van der Waals surface area contributed by atoms with Crippen molar-refractivity contribution in [2.75, 3.05) is 0 Å². The van der Waals surface area contributed by atoms with Crippen LogP contribution in [0.3, 0.4) is 0 Å². The van der Waals surface area contributed by atoms with Crippen LogP contribution in [0.4, 0.5) is 0 Å². The van der Waals surface area contributed by atoms with Crippen molar-refractivity contribution in [2.45, 2.75) is 12.5 Å². The first-order chi connectivity index (χ1) is 5.23. The number of carbonyl (C=O) groups is 1. The standard InChI is InChI=1S/C9H8O2/c1-9(8(10)11-9)7-5-3-2-4-6-7/h2-6H,1H3. The molecule has 11 heavy (non-hydrogen) atoms. The van der Waals surface area contributed by atoms with Gasteiger partial charge in [0, 0.05) is 5.56 Å². The van der Waals surface area contributed by atoms with E-state index in [0.29, 0.717) is 0 Å². The van der Waals surface area contributed by atoms with Crippen LogP contribution in [-0.2, 0) is 15.1 Å². The molecule has 0 saturated carbocycles. The highest BCUT2D eigenvalue weighted by Crippen LogP contribution is 2.39. The van der Waals surface area contributed by atoms with Gasteiger partial charge in [0.2, 0.25) is 5.60 Å². The molecule has 1 heterocycles. The van der Waals surface area contributed by atoms with Gasteiger partial charge < -0.3 is 4.74 Å². The molecule has 1 aliphatic heterocycles. The zero-order valence-electron chi connectivity index (χ0n) is 6.20. The van der Waals surface area contributed by atoms with Crippen LogP contribution < -0.4 is 0 Å². The molecule has 1 saturated heterocycles. The van der Waals surface area contributed by atoms with E-state index in [1.165, 1.54) is 0 Å². The minimum Gasteiger partial charge on any atom is -0.439 e. The van der Waals surface area contributed by atoms with Crippen molar-refractivity contribution in [1.29, 1.82) is 0 Å². The average molecular weight is 148 g/mol. The summed E-state index contributed by atoms with van der Waals surface area (Å²) in [6.07, 6.45) is 0. The molecule has 0 spiro atoms. The van der Waals surface area contributed by atoms with Crippen LogP contribution in [0.1, 0.15) is 12.5 Å². The van der Waals surface area contributed by atoms with Crippen molar-refractivity contribution >= 4 is 5.97 Å². The van der Waals surface area contributed by atoms with Gasteiger partial charge >= 0.3 is 5.97 Å². The van der Waals surface area contributed by atoms with Crippen molar-refractivity contribution < 1.29 is 9.53 Å². The zero-order chi connectivity index (χ0) is 7.90. The summed E-state index contributed by atoms with van der Waals surface area (Å²) < 4.78 is 4.85. The topological polar surface area (TPSA) is 29.6 Å². The maximum atomic E-state index is 10.8. The Kier molecular flexibility index (Phi) is 1.07. The summed E-state index contributed by atoms with van der Waals surface area (Å²) in [6.45, 7) is 1.78. The van der Waals surface area contributed by atoms with E-state index in [-0.39, 0.29) is 5.97 Å². The number of hydrogen-bond donors (Lipinski definition) is 0. The fraction of sp³-hybridized carbons (Fsp3) is 0.222. The Morgan fingerprint density at radius 1 is 1.27 bits per heavy atom. The third-order valence-electron chi connectivity index (χ3n) is 1.97. The van der Waals surface area contributed by atoms with E-state index in [4.69, 9.17) is 4.74 Å². The zero-order valence-corrected chi connectivity index (χ0v) is 6.20. The summed E-state index contributed by atoms with van der Waals surface area (Å²) in [6, 6.07) is 9.50. The Labute approximate surface area is 64.8 Å². The second-order valence-corrected chi connectivity index (χ2v) is 2.79. The van der Waals surface area contributed by atoms with E-state index < -0.39 is 5.60 Å². The summed E-state index contributed by atoms with van der Waals surface area (Å²) in [4.78, 5) is 10.8. The van der Waals surface area contributed by atoms with Gasteiger partial charge in [0.25, 0.3) is 0 Å². The maximum absolute atomic E-state index is 10.8. The lowest BCUT2D eigenvalue weighted by atomic mass is 10.0. The number of ether oxygens (including phenoxy) is 1. The van der Waals surface area contributed by atoms with Gasteiger partial charge in [-0.25, -0.2) is 4.79 Å². The molecule has 0 aliphatic carbocycles. The van der Waals surface area contributed by atoms with Crippen LogP contribution in [0.5, 0.6) is 0 Å². The Morgan fingerprint density at radius 2 is 1.82 bits per heavy atom. The van der Waals surface area contributed by atoms with E-state index in [0.717, 1.165) is 5.56 Å². The lowest BCUT2D eigenvalue weighted by Crippen LogP contribution is -2.03. The summed E-state index contributed by atoms with van der Waals surface area (Å²) in [5, 5.41) is 0. The Balaban J connectivity index is 2.39. The lowest BCUT2D eigenvalue weighted by Gasteiger charge is -1.98. The molecule has 2 rings (SSSR count). The fourth-order valence-electron chi connectivity index (χ4n) is 1.09. The quantitative estimate of drug-likeness (QED) is 0.564. The van der Waals surface area contributed by atoms with Crippen LogP contribution in [-0.4, -0.2) is 5.97 Å². The largest absolute Gasteiger partial charge is 0.439 e. The predicted molar refractivity (Wildman–Crippen MR) is 39.9 cm³/mol. The molecular weight excluding hydrogens is 140 g/mol. The fourth-order valence-corrected chi connectivity index (χ4v) is 1.09. The molecule has 0 N–H and O–H groups in total. The van der Waals surface area contributed by atoms with Crippen LogP contribution >= 0.6 is 0 Å². The van der Waals surface area contributed by atoms with Crippen molar-refractivity contribution in [3.63, 3.8) is 0 Å². The molecule has 1 unspecified atom stereocenters. The highest BCUT2D eigenvalue weighted by molar-refractivity contribution is 5.93. The molecule has 1 aromatic carbocycles. The molecule has 0 aromatic heterocycles. The van der Waals surface area contributed by atoms with Gasteiger partial charge in [-0.1, -0.05) is 30.3 Å². The Bertz CT molecular complexity index is 292. The van der Waals surface area contributed by atoms with Crippen molar-refractivity contribution in [1.82, 2.24) is 0 Å². The molecule has 1 fully saturated rings. The second kappa shape index (κ2) is 1.84.